The van der Waals surface area contributed by atoms with Crippen LogP contribution in [-0.4, -0.2) is 63.3 Å². The zero-order valence-electron chi connectivity index (χ0n) is 10.4. The van der Waals surface area contributed by atoms with Gasteiger partial charge >= 0.3 is 0 Å². The fourth-order valence-electron chi connectivity index (χ4n) is 1.89. The molecule has 0 radical (unpaired) electrons. The molecular weight excluding hydrogens is 264 g/mol. The minimum absolute atomic E-state index is 0.274. The first-order valence-corrected chi connectivity index (χ1v) is 7.71. The van der Waals surface area contributed by atoms with Crippen LogP contribution in [-0.2, 0) is 14.9 Å². The average Bonchev–Trinajstić information content (AvgIpc) is 2.35. The maximum Gasteiger partial charge on any atom is 0.281 e. The molecule has 1 aliphatic rings. The molecule has 0 bridgehead atoms. The Morgan fingerprint density at radius 2 is 2.24 bits per heavy atom. The lowest BCUT2D eigenvalue weighted by Gasteiger charge is -2.33. The molecule has 1 aliphatic heterocycles. The van der Waals surface area contributed by atoms with Crippen LogP contribution in [0.2, 0.25) is 0 Å². The van der Waals surface area contributed by atoms with Crippen molar-refractivity contribution in [2.45, 2.75) is 12.8 Å². The third kappa shape index (κ3) is 4.06. The Labute approximate surface area is 109 Å². The van der Waals surface area contributed by atoms with Gasteiger partial charge in [0, 0.05) is 39.7 Å². The van der Waals surface area contributed by atoms with Crippen LogP contribution in [0.3, 0.4) is 0 Å². The molecule has 1 unspecified atom stereocenters. The Morgan fingerprint density at radius 1 is 1.53 bits per heavy atom. The first-order valence-electron chi connectivity index (χ1n) is 5.78. The van der Waals surface area contributed by atoms with Crippen LogP contribution in [0.15, 0.2) is 0 Å². The highest BCUT2D eigenvalue weighted by atomic mass is 35.5. The van der Waals surface area contributed by atoms with Gasteiger partial charge in [-0.05, 0) is 18.8 Å². The maximum absolute atomic E-state index is 12.2. The average molecular weight is 285 g/mol. The fourth-order valence-corrected chi connectivity index (χ4v) is 3.61. The van der Waals surface area contributed by atoms with Gasteiger partial charge in [-0.2, -0.15) is 17.0 Å². The van der Waals surface area contributed by atoms with Gasteiger partial charge in [0.05, 0.1) is 6.61 Å². The lowest BCUT2D eigenvalue weighted by atomic mass is 10.0. The van der Waals surface area contributed by atoms with Gasteiger partial charge in [0.1, 0.15) is 0 Å². The van der Waals surface area contributed by atoms with E-state index in [0.717, 1.165) is 12.8 Å². The summed E-state index contributed by atoms with van der Waals surface area (Å²) in [4.78, 5) is 0. The smallest absolute Gasteiger partial charge is 0.281 e. The van der Waals surface area contributed by atoms with Crippen molar-refractivity contribution in [3.8, 4) is 0 Å². The predicted octanol–water partition coefficient (Wildman–Crippen LogP) is 0.760. The summed E-state index contributed by atoms with van der Waals surface area (Å²) in [6, 6.07) is 0. The Kier molecular flexibility index (Phi) is 6.16. The van der Waals surface area contributed by atoms with Crippen molar-refractivity contribution >= 4 is 21.8 Å². The van der Waals surface area contributed by atoms with E-state index >= 15 is 0 Å². The molecule has 1 heterocycles. The van der Waals surface area contributed by atoms with Crippen LogP contribution in [0.1, 0.15) is 12.8 Å². The second-order valence-electron chi connectivity index (χ2n) is 4.34. The highest BCUT2D eigenvalue weighted by molar-refractivity contribution is 7.86. The second kappa shape index (κ2) is 6.89. The molecule has 0 saturated carbocycles. The number of piperidine rings is 1. The highest BCUT2D eigenvalue weighted by Gasteiger charge is 2.31. The summed E-state index contributed by atoms with van der Waals surface area (Å²) < 4.78 is 32.2. The zero-order valence-corrected chi connectivity index (χ0v) is 12.0. The monoisotopic (exact) mass is 284 g/mol. The summed E-state index contributed by atoms with van der Waals surface area (Å²) in [5.74, 6) is 0.796. The number of nitrogens with zero attached hydrogens (tertiary/aromatic N) is 2. The predicted molar refractivity (Wildman–Crippen MR) is 68.4 cm³/mol. The topological polar surface area (TPSA) is 49.9 Å². The van der Waals surface area contributed by atoms with Gasteiger partial charge in [-0.25, -0.2) is 0 Å². The summed E-state index contributed by atoms with van der Waals surface area (Å²) in [5, 5.41) is 0. The van der Waals surface area contributed by atoms with Crippen molar-refractivity contribution in [3.05, 3.63) is 0 Å². The van der Waals surface area contributed by atoms with E-state index < -0.39 is 10.2 Å². The first-order chi connectivity index (χ1) is 8.02. The Morgan fingerprint density at radius 3 is 2.82 bits per heavy atom. The summed E-state index contributed by atoms with van der Waals surface area (Å²) in [7, 11) is -0.207. The molecule has 0 N–H and O–H groups in total. The standard InChI is InChI=1S/C10H21ClN2O3S/c1-12(6-7-16-2)17(14,15)13-5-3-4-10(8-11)9-13/h10H,3-9H2,1-2H3. The lowest BCUT2D eigenvalue weighted by molar-refractivity contribution is 0.180. The van der Waals surface area contributed by atoms with Crippen molar-refractivity contribution in [2.75, 3.05) is 46.3 Å². The summed E-state index contributed by atoms with van der Waals surface area (Å²) in [6.07, 6.45) is 1.89. The van der Waals surface area contributed by atoms with Crippen LogP contribution in [0.5, 0.6) is 0 Å². The van der Waals surface area contributed by atoms with E-state index in [-0.39, 0.29) is 5.92 Å². The molecule has 0 aromatic rings. The molecule has 1 rings (SSSR count). The van der Waals surface area contributed by atoms with E-state index in [9.17, 15) is 8.42 Å². The largest absolute Gasteiger partial charge is 0.383 e. The molecule has 17 heavy (non-hydrogen) atoms. The van der Waals surface area contributed by atoms with Gasteiger partial charge < -0.3 is 4.74 Å². The summed E-state index contributed by atoms with van der Waals surface area (Å²) in [6.45, 7) is 1.90. The molecule has 1 atom stereocenters. The molecule has 0 aliphatic carbocycles. The molecule has 5 nitrogen and oxygen atoms in total. The van der Waals surface area contributed by atoms with Gasteiger partial charge in [0.25, 0.3) is 10.2 Å². The van der Waals surface area contributed by atoms with Crippen molar-refractivity contribution in [1.82, 2.24) is 8.61 Å². The number of rotatable bonds is 6. The number of hydrogen-bond donors (Lipinski definition) is 0. The van der Waals surface area contributed by atoms with E-state index in [0.29, 0.717) is 32.1 Å². The second-order valence-corrected chi connectivity index (χ2v) is 6.69. The Balaban J connectivity index is 2.62. The molecule has 7 heteroatoms. The van der Waals surface area contributed by atoms with E-state index in [2.05, 4.69) is 0 Å². The number of hydrogen-bond acceptors (Lipinski definition) is 3. The van der Waals surface area contributed by atoms with Crippen molar-refractivity contribution in [1.29, 1.82) is 0 Å². The molecule has 0 spiro atoms. The highest BCUT2D eigenvalue weighted by Crippen LogP contribution is 2.21. The Hall–Kier alpha value is 0.120. The van der Waals surface area contributed by atoms with Crippen LogP contribution in [0.4, 0.5) is 0 Å². The fraction of sp³-hybridized carbons (Fsp3) is 1.00. The normalized spacial score (nSPS) is 23.2. The number of halogens is 1. The summed E-state index contributed by atoms with van der Waals surface area (Å²) >= 11 is 5.80. The van der Waals surface area contributed by atoms with Gasteiger partial charge in [0.15, 0.2) is 0 Å². The van der Waals surface area contributed by atoms with Crippen LogP contribution in [0.25, 0.3) is 0 Å². The summed E-state index contributed by atoms with van der Waals surface area (Å²) in [5.41, 5.74) is 0. The first kappa shape index (κ1) is 15.2. The van der Waals surface area contributed by atoms with E-state index in [4.69, 9.17) is 16.3 Å². The van der Waals surface area contributed by atoms with E-state index in [1.165, 1.54) is 8.61 Å². The molecule has 0 amide bonds. The number of methoxy groups -OCH3 is 1. The maximum atomic E-state index is 12.2. The number of alkyl halides is 1. The Bertz CT molecular complexity index is 324. The van der Waals surface area contributed by atoms with Crippen molar-refractivity contribution in [2.24, 2.45) is 5.92 Å². The lowest BCUT2D eigenvalue weighted by Crippen LogP contribution is -2.47. The minimum Gasteiger partial charge on any atom is -0.383 e. The quantitative estimate of drug-likeness (QED) is 0.677. The van der Waals surface area contributed by atoms with Crippen LogP contribution < -0.4 is 0 Å². The molecular formula is C10H21ClN2O3S. The van der Waals surface area contributed by atoms with E-state index in [1.807, 2.05) is 0 Å². The third-order valence-corrected chi connectivity index (χ3v) is 5.42. The van der Waals surface area contributed by atoms with Crippen LogP contribution in [0, 0.1) is 5.92 Å². The molecule has 1 fully saturated rings. The van der Waals surface area contributed by atoms with Crippen molar-refractivity contribution in [3.63, 3.8) is 0 Å². The minimum atomic E-state index is -3.35. The van der Waals surface area contributed by atoms with Gasteiger partial charge in [-0.1, -0.05) is 0 Å². The van der Waals surface area contributed by atoms with Crippen molar-refractivity contribution < 1.29 is 13.2 Å². The molecule has 0 aromatic heterocycles. The van der Waals surface area contributed by atoms with E-state index in [1.54, 1.807) is 14.2 Å². The number of ether oxygens (including phenoxy) is 1. The van der Waals surface area contributed by atoms with Gasteiger partial charge in [-0.15, -0.1) is 11.6 Å². The number of likely N-dealkylation sites (N-methyl/N-ethyl adjacent to an activating group) is 1. The molecule has 102 valence electrons. The molecule has 1 saturated heterocycles. The SMILES string of the molecule is COCCN(C)S(=O)(=O)N1CCCC(CCl)C1. The van der Waals surface area contributed by atoms with Crippen LogP contribution >= 0.6 is 11.6 Å². The van der Waals surface area contributed by atoms with Gasteiger partial charge in [-0.3, -0.25) is 0 Å². The zero-order chi connectivity index (χ0) is 12.9. The third-order valence-electron chi connectivity index (χ3n) is 3.03. The molecule has 0 aromatic carbocycles. The van der Waals surface area contributed by atoms with Gasteiger partial charge in [0.2, 0.25) is 0 Å².